The van der Waals surface area contributed by atoms with Crippen LogP contribution in [0, 0.1) is 5.82 Å². The highest BCUT2D eigenvalue weighted by Crippen LogP contribution is 2.15. The van der Waals surface area contributed by atoms with Crippen molar-refractivity contribution in [3.8, 4) is 0 Å². The normalized spacial score (nSPS) is 10.2. The van der Waals surface area contributed by atoms with Crippen molar-refractivity contribution in [2.75, 3.05) is 17.2 Å². The number of hydrogen-bond donors (Lipinski definition) is 2. The van der Waals surface area contributed by atoms with Crippen LogP contribution in [0.15, 0.2) is 42.6 Å². The van der Waals surface area contributed by atoms with Gasteiger partial charge in [0.2, 0.25) is 0 Å². The second-order valence-corrected chi connectivity index (χ2v) is 4.64. The van der Waals surface area contributed by atoms with Crippen molar-refractivity contribution >= 4 is 17.3 Å². The fraction of sp³-hybridized carbons (Fsp3) is 0.250. The lowest BCUT2D eigenvalue weighted by Gasteiger charge is -2.08. The van der Waals surface area contributed by atoms with Gasteiger partial charge in [-0.3, -0.25) is 9.78 Å². The second kappa shape index (κ2) is 7.38. The third kappa shape index (κ3) is 4.27. The van der Waals surface area contributed by atoms with E-state index in [2.05, 4.69) is 22.5 Å². The summed E-state index contributed by atoms with van der Waals surface area (Å²) >= 11 is 0. The van der Waals surface area contributed by atoms with Gasteiger partial charge in [-0.15, -0.1) is 0 Å². The van der Waals surface area contributed by atoms with E-state index in [4.69, 9.17) is 0 Å². The Morgan fingerprint density at radius 2 is 2.10 bits per heavy atom. The average Bonchev–Trinajstić information content (AvgIpc) is 2.50. The summed E-state index contributed by atoms with van der Waals surface area (Å²) in [6.07, 6.45) is 3.71. The Hall–Kier alpha value is -2.43. The van der Waals surface area contributed by atoms with Crippen molar-refractivity contribution in [3.63, 3.8) is 0 Å². The molecule has 0 aliphatic heterocycles. The van der Waals surface area contributed by atoms with E-state index in [1.165, 1.54) is 12.1 Å². The maximum absolute atomic E-state index is 13.5. The van der Waals surface area contributed by atoms with Gasteiger partial charge in [-0.2, -0.15) is 0 Å². The number of pyridine rings is 1. The predicted molar refractivity (Wildman–Crippen MR) is 82.0 cm³/mol. The van der Waals surface area contributed by atoms with Gasteiger partial charge in [0.25, 0.3) is 5.91 Å². The van der Waals surface area contributed by atoms with Crippen LogP contribution in [0.4, 0.5) is 15.8 Å². The average molecular weight is 287 g/mol. The summed E-state index contributed by atoms with van der Waals surface area (Å²) in [5.74, 6) is -0.901. The highest BCUT2D eigenvalue weighted by molar-refractivity contribution is 6.03. The number of rotatable bonds is 6. The minimum Gasteiger partial charge on any atom is -0.385 e. The van der Waals surface area contributed by atoms with Gasteiger partial charge >= 0.3 is 0 Å². The summed E-state index contributed by atoms with van der Waals surface area (Å²) in [6, 6.07) is 9.50. The molecule has 2 rings (SSSR count). The molecule has 1 amide bonds. The minimum atomic E-state index is -0.469. The van der Waals surface area contributed by atoms with E-state index in [1.807, 2.05) is 0 Å². The molecule has 0 fully saturated rings. The first-order valence-electron chi connectivity index (χ1n) is 6.96. The van der Waals surface area contributed by atoms with E-state index < -0.39 is 11.7 Å². The van der Waals surface area contributed by atoms with Crippen molar-refractivity contribution in [2.24, 2.45) is 0 Å². The van der Waals surface area contributed by atoms with Crippen molar-refractivity contribution in [2.45, 2.75) is 19.8 Å². The molecule has 1 heterocycles. The number of carbonyl (C=O) groups is 1. The maximum Gasteiger partial charge on any atom is 0.274 e. The van der Waals surface area contributed by atoms with Crippen LogP contribution in [0.3, 0.4) is 0 Å². The highest BCUT2D eigenvalue weighted by Gasteiger charge is 2.10. The number of hydrogen-bond acceptors (Lipinski definition) is 3. The molecule has 1 aromatic carbocycles. The number of amides is 1. The monoisotopic (exact) mass is 287 g/mol. The number of para-hydroxylation sites is 1. The molecule has 0 bridgehead atoms. The van der Waals surface area contributed by atoms with E-state index in [0.717, 1.165) is 25.1 Å². The van der Waals surface area contributed by atoms with Gasteiger partial charge < -0.3 is 10.6 Å². The Morgan fingerprint density at radius 1 is 1.29 bits per heavy atom. The minimum absolute atomic E-state index is 0.147. The van der Waals surface area contributed by atoms with Crippen LogP contribution in [0.25, 0.3) is 0 Å². The first-order chi connectivity index (χ1) is 10.2. The fourth-order valence-electron chi connectivity index (χ4n) is 1.82. The number of halogens is 1. The molecule has 0 radical (unpaired) electrons. The summed E-state index contributed by atoms with van der Waals surface area (Å²) in [7, 11) is 0. The molecular formula is C16H18FN3O. The Morgan fingerprint density at radius 3 is 2.86 bits per heavy atom. The lowest BCUT2D eigenvalue weighted by Crippen LogP contribution is -2.15. The molecule has 0 aliphatic rings. The molecule has 4 nitrogen and oxygen atoms in total. The molecular weight excluding hydrogens is 269 g/mol. The van der Waals surface area contributed by atoms with Crippen LogP contribution in [0.2, 0.25) is 0 Å². The molecule has 2 N–H and O–H groups in total. The highest BCUT2D eigenvalue weighted by atomic mass is 19.1. The Kier molecular flexibility index (Phi) is 5.26. The Labute approximate surface area is 123 Å². The first-order valence-corrected chi connectivity index (χ1v) is 6.96. The number of benzene rings is 1. The third-order valence-electron chi connectivity index (χ3n) is 2.97. The SMILES string of the molecule is CCCCNc1ccnc(C(=O)Nc2ccccc2F)c1. The van der Waals surface area contributed by atoms with Gasteiger partial charge in [-0.25, -0.2) is 4.39 Å². The van der Waals surface area contributed by atoms with Crippen molar-refractivity contribution in [1.29, 1.82) is 0 Å². The number of aromatic nitrogens is 1. The maximum atomic E-state index is 13.5. The summed E-state index contributed by atoms with van der Waals surface area (Å²) in [4.78, 5) is 16.1. The van der Waals surface area contributed by atoms with Crippen LogP contribution in [0.5, 0.6) is 0 Å². The van der Waals surface area contributed by atoms with Gasteiger partial charge in [0.1, 0.15) is 11.5 Å². The molecule has 21 heavy (non-hydrogen) atoms. The smallest absolute Gasteiger partial charge is 0.274 e. The quantitative estimate of drug-likeness (QED) is 0.797. The summed E-state index contributed by atoms with van der Waals surface area (Å²) in [6.45, 7) is 2.95. The number of anilines is 2. The Balaban J connectivity index is 2.05. The third-order valence-corrected chi connectivity index (χ3v) is 2.97. The van der Waals surface area contributed by atoms with Crippen LogP contribution < -0.4 is 10.6 Å². The van der Waals surface area contributed by atoms with Crippen LogP contribution in [-0.2, 0) is 0 Å². The van der Waals surface area contributed by atoms with E-state index in [-0.39, 0.29) is 11.4 Å². The predicted octanol–water partition coefficient (Wildman–Crippen LogP) is 3.69. The number of nitrogens with one attached hydrogen (secondary N) is 2. The number of carbonyl (C=O) groups excluding carboxylic acids is 1. The standard InChI is InChI=1S/C16H18FN3O/c1-2-3-9-18-12-8-10-19-15(11-12)16(21)20-14-7-5-4-6-13(14)17/h4-8,10-11H,2-3,9H2,1H3,(H,18,19)(H,20,21). The summed E-state index contributed by atoms with van der Waals surface area (Å²) in [5.41, 5.74) is 1.23. The fourth-order valence-corrected chi connectivity index (χ4v) is 1.82. The molecule has 2 aromatic rings. The van der Waals surface area contributed by atoms with Crippen LogP contribution >= 0.6 is 0 Å². The van der Waals surface area contributed by atoms with Crippen LogP contribution in [-0.4, -0.2) is 17.4 Å². The number of unbranched alkanes of at least 4 members (excludes halogenated alkanes) is 1. The van der Waals surface area contributed by atoms with E-state index in [0.29, 0.717) is 0 Å². The molecule has 0 saturated heterocycles. The Bertz CT molecular complexity index is 616. The van der Waals surface area contributed by atoms with E-state index in [9.17, 15) is 9.18 Å². The lowest BCUT2D eigenvalue weighted by atomic mass is 10.2. The van der Waals surface area contributed by atoms with Crippen LogP contribution in [0.1, 0.15) is 30.3 Å². The molecule has 0 aliphatic carbocycles. The summed E-state index contributed by atoms with van der Waals surface area (Å²) in [5, 5.41) is 5.74. The molecule has 0 atom stereocenters. The van der Waals surface area contributed by atoms with E-state index in [1.54, 1.807) is 30.5 Å². The lowest BCUT2D eigenvalue weighted by molar-refractivity contribution is 0.102. The largest absolute Gasteiger partial charge is 0.385 e. The molecule has 0 saturated carbocycles. The van der Waals surface area contributed by atoms with Gasteiger partial charge in [-0.1, -0.05) is 25.5 Å². The van der Waals surface area contributed by atoms with Gasteiger partial charge in [0.05, 0.1) is 5.69 Å². The van der Waals surface area contributed by atoms with Gasteiger partial charge in [0.15, 0.2) is 0 Å². The van der Waals surface area contributed by atoms with E-state index >= 15 is 0 Å². The first kappa shape index (κ1) is 15.0. The molecule has 5 heteroatoms. The summed E-state index contributed by atoms with van der Waals surface area (Å²) < 4.78 is 13.5. The topological polar surface area (TPSA) is 54.0 Å². The molecule has 0 spiro atoms. The second-order valence-electron chi connectivity index (χ2n) is 4.64. The number of nitrogens with zero attached hydrogens (tertiary/aromatic N) is 1. The zero-order chi connectivity index (χ0) is 15.1. The van der Waals surface area contributed by atoms with Gasteiger partial charge in [0, 0.05) is 18.4 Å². The van der Waals surface area contributed by atoms with Gasteiger partial charge in [-0.05, 0) is 30.7 Å². The molecule has 0 unspecified atom stereocenters. The molecule has 1 aromatic heterocycles. The van der Waals surface area contributed by atoms with Crippen molar-refractivity contribution < 1.29 is 9.18 Å². The van der Waals surface area contributed by atoms with Crippen molar-refractivity contribution in [1.82, 2.24) is 4.98 Å². The molecule has 110 valence electrons. The zero-order valence-electron chi connectivity index (χ0n) is 11.9. The zero-order valence-corrected chi connectivity index (χ0v) is 11.9. The van der Waals surface area contributed by atoms with Crippen molar-refractivity contribution in [3.05, 3.63) is 54.1 Å².